The standard InChI is InChI=1S/C13H23N3S/c1-10(2)9-16-6-4-12(5-7-16)15-13-14-8-11(3)17-13/h8,10,12H,4-7,9H2,1-3H3,(H,14,15). The van der Waals surface area contributed by atoms with Gasteiger partial charge in [-0.2, -0.15) is 0 Å². The summed E-state index contributed by atoms with van der Waals surface area (Å²) in [4.78, 5) is 8.23. The Kier molecular flexibility index (Phi) is 4.40. The van der Waals surface area contributed by atoms with Gasteiger partial charge in [0, 0.05) is 36.8 Å². The fourth-order valence-corrected chi connectivity index (χ4v) is 3.11. The average molecular weight is 253 g/mol. The molecular formula is C13H23N3S. The molecule has 1 aliphatic heterocycles. The van der Waals surface area contributed by atoms with Gasteiger partial charge in [0.15, 0.2) is 5.13 Å². The molecule has 0 saturated carbocycles. The summed E-state index contributed by atoms with van der Waals surface area (Å²) in [6.07, 6.45) is 4.43. The van der Waals surface area contributed by atoms with Crippen molar-refractivity contribution in [1.29, 1.82) is 0 Å². The molecule has 0 unspecified atom stereocenters. The highest BCUT2D eigenvalue weighted by Crippen LogP contribution is 2.21. The summed E-state index contributed by atoms with van der Waals surface area (Å²) < 4.78 is 0. The van der Waals surface area contributed by atoms with E-state index >= 15 is 0 Å². The topological polar surface area (TPSA) is 28.2 Å². The summed E-state index contributed by atoms with van der Waals surface area (Å²) >= 11 is 1.76. The van der Waals surface area contributed by atoms with Crippen molar-refractivity contribution < 1.29 is 0 Å². The van der Waals surface area contributed by atoms with Crippen LogP contribution < -0.4 is 5.32 Å². The number of nitrogens with one attached hydrogen (secondary N) is 1. The van der Waals surface area contributed by atoms with E-state index in [0.29, 0.717) is 6.04 Å². The van der Waals surface area contributed by atoms with Crippen LogP contribution in [-0.2, 0) is 0 Å². The predicted molar refractivity (Wildman–Crippen MR) is 74.8 cm³/mol. The lowest BCUT2D eigenvalue weighted by Gasteiger charge is -2.33. The SMILES string of the molecule is Cc1cnc(NC2CCN(CC(C)C)CC2)s1. The van der Waals surface area contributed by atoms with E-state index in [9.17, 15) is 0 Å². The Balaban J connectivity index is 1.75. The number of aromatic nitrogens is 1. The van der Waals surface area contributed by atoms with E-state index < -0.39 is 0 Å². The first kappa shape index (κ1) is 12.8. The molecule has 17 heavy (non-hydrogen) atoms. The summed E-state index contributed by atoms with van der Waals surface area (Å²) in [6, 6.07) is 0.615. The van der Waals surface area contributed by atoms with Gasteiger partial charge < -0.3 is 10.2 Å². The number of rotatable bonds is 4. The summed E-state index contributed by atoms with van der Waals surface area (Å²) in [6.45, 7) is 10.4. The Morgan fingerprint density at radius 1 is 1.47 bits per heavy atom. The zero-order valence-electron chi connectivity index (χ0n) is 11.1. The van der Waals surface area contributed by atoms with Gasteiger partial charge in [0.25, 0.3) is 0 Å². The monoisotopic (exact) mass is 253 g/mol. The van der Waals surface area contributed by atoms with Crippen LogP contribution in [0.5, 0.6) is 0 Å². The molecule has 0 spiro atoms. The summed E-state index contributed by atoms with van der Waals surface area (Å²) in [5.74, 6) is 0.779. The molecule has 4 heteroatoms. The maximum Gasteiger partial charge on any atom is 0.183 e. The van der Waals surface area contributed by atoms with Gasteiger partial charge in [-0.05, 0) is 25.7 Å². The van der Waals surface area contributed by atoms with E-state index in [4.69, 9.17) is 0 Å². The first-order valence-electron chi connectivity index (χ1n) is 6.55. The Labute approximate surface area is 108 Å². The summed E-state index contributed by atoms with van der Waals surface area (Å²) in [5, 5.41) is 4.64. The van der Waals surface area contributed by atoms with Crippen LogP contribution >= 0.6 is 11.3 Å². The number of hydrogen-bond acceptors (Lipinski definition) is 4. The van der Waals surface area contributed by atoms with Crippen LogP contribution in [0.3, 0.4) is 0 Å². The van der Waals surface area contributed by atoms with Gasteiger partial charge in [0.1, 0.15) is 0 Å². The molecule has 1 aromatic rings. The zero-order valence-corrected chi connectivity index (χ0v) is 11.9. The lowest BCUT2D eigenvalue weighted by atomic mass is 10.0. The Morgan fingerprint density at radius 2 is 2.18 bits per heavy atom. The summed E-state index contributed by atoms with van der Waals surface area (Å²) in [7, 11) is 0. The second-order valence-corrected chi connectivity index (χ2v) is 6.62. The first-order chi connectivity index (χ1) is 8.13. The minimum absolute atomic E-state index is 0.615. The number of thiazole rings is 1. The van der Waals surface area contributed by atoms with E-state index in [-0.39, 0.29) is 0 Å². The molecule has 0 atom stereocenters. The molecule has 0 radical (unpaired) electrons. The molecule has 1 saturated heterocycles. The number of anilines is 1. The molecule has 1 aromatic heterocycles. The minimum Gasteiger partial charge on any atom is -0.359 e. The van der Waals surface area contributed by atoms with Crippen LogP contribution in [0.4, 0.5) is 5.13 Å². The average Bonchev–Trinajstić information content (AvgIpc) is 2.66. The van der Waals surface area contributed by atoms with E-state index in [1.807, 2.05) is 6.20 Å². The maximum absolute atomic E-state index is 4.37. The number of likely N-dealkylation sites (tertiary alicyclic amines) is 1. The molecule has 0 bridgehead atoms. The second-order valence-electron chi connectivity index (χ2n) is 5.39. The van der Waals surface area contributed by atoms with Crippen LogP contribution in [0.25, 0.3) is 0 Å². The number of piperidine rings is 1. The number of hydrogen-bond donors (Lipinski definition) is 1. The van der Waals surface area contributed by atoms with Gasteiger partial charge in [-0.1, -0.05) is 13.8 Å². The molecule has 2 heterocycles. The number of nitrogens with zero attached hydrogens (tertiary/aromatic N) is 2. The van der Waals surface area contributed by atoms with Gasteiger partial charge in [0.05, 0.1) is 0 Å². The molecule has 96 valence electrons. The van der Waals surface area contributed by atoms with E-state index in [1.54, 1.807) is 11.3 Å². The maximum atomic E-state index is 4.37. The zero-order chi connectivity index (χ0) is 12.3. The Morgan fingerprint density at radius 3 is 2.71 bits per heavy atom. The van der Waals surface area contributed by atoms with Crippen molar-refractivity contribution >= 4 is 16.5 Å². The smallest absolute Gasteiger partial charge is 0.183 e. The third-order valence-electron chi connectivity index (χ3n) is 3.16. The lowest BCUT2D eigenvalue weighted by Crippen LogP contribution is -2.40. The van der Waals surface area contributed by atoms with Crippen LogP contribution in [0, 0.1) is 12.8 Å². The third kappa shape index (κ3) is 3.96. The van der Waals surface area contributed by atoms with E-state index in [1.165, 1.54) is 37.4 Å². The van der Waals surface area contributed by atoms with Crippen LogP contribution in [0.15, 0.2) is 6.20 Å². The van der Waals surface area contributed by atoms with Gasteiger partial charge in [-0.25, -0.2) is 4.98 Å². The lowest BCUT2D eigenvalue weighted by molar-refractivity contribution is 0.198. The molecule has 2 rings (SSSR count). The quantitative estimate of drug-likeness (QED) is 0.894. The van der Waals surface area contributed by atoms with E-state index in [2.05, 4.69) is 36.0 Å². The normalized spacial score (nSPS) is 18.8. The highest BCUT2D eigenvalue weighted by Gasteiger charge is 2.19. The van der Waals surface area contributed by atoms with Crippen LogP contribution in [0.2, 0.25) is 0 Å². The molecule has 3 nitrogen and oxygen atoms in total. The molecule has 0 aromatic carbocycles. The van der Waals surface area contributed by atoms with Crippen molar-refractivity contribution in [3.05, 3.63) is 11.1 Å². The highest BCUT2D eigenvalue weighted by atomic mass is 32.1. The van der Waals surface area contributed by atoms with Crippen LogP contribution in [0.1, 0.15) is 31.6 Å². The Bertz CT molecular complexity index is 340. The van der Waals surface area contributed by atoms with Gasteiger partial charge >= 0.3 is 0 Å². The van der Waals surface area contributed by atoms with Gasteiger partial charge in [-0.15, -0.1) is 11.3 Å². The third-order valence-corrected chi connectivity index (χ3v) is 4.00. The van der Waals surface area contributed by atoms with Crippen molar-refractivity contribution in [3.8, 4) is 0 Å². The molecule has 0 amide bonds. The van der Waals surface area contributed by atoms with Crippen molar-refractivity contribution in [2.45, 2.75) is 39.7 Å². The minimum atomic E-state index is 0.615. The second kappa shape index (κ2) is 5.83. The predicted octanol–water partition coefficient (Wildman–Crippen LogP) is 2.98. The molecule has 1 fully saturated rings. The fraction of sp³-hybridized carbons (Fsp3) is 0.769. The highest BCUT2D eigenvalue weighted by molar-refractivity contribution is 7.15. The molecular weight excluding hydrogens is 230 g/mol. The van der Waals surface area contributed by atoms with Crippen molar-refractivity contribution in [2.24, 2.45) is 5.92 Å². The molecule has 1 N–H and O–H groups in total. The Hall–Kier alpha value is -0.610. The molecule has 0 aliphatic carbocycles. The van der Waals surface area contributed by atoms with Gasteiger partial charge in [-0.3, -0.25) is 0 Å². The van der Waals surface area contributed by atoms with Crippen molar-refractivity contribution in [2.75, 3.05) is 25.0 Å². The molecule has 1 aliphatic rings. The van der Waals surface area contributed by atoms with Gasteiger partial charge in [0.2, 0.25) is 0 Å². The van der Waals surface area contributed by atoms with Crippen LogP contribution in [-0.4, -0.2) is 35.6 Å². The van der Waals surface area contributed by atoms with Crippen molar-refractivity contribution in [3.63, 3.8) is 0 Å². The first-order valence-corrected chi connectivity index (χ1v) is 7.36. The largest absolute Gasteiger partial charge is 0.359 e. The summed E-state index contributed by atoms with van der Waals surface area (Å²) in [5.41, 5.74) is 0. The fourth-order valence-electron chi connectivity index (χ4n) is 2.37. The van der Waals surface area contributed by atoms with E-state index in [0.717, 1.165) is 11.0 Å². The van der Waals surface area contributed by atoms with Crippen molar-refractivity contribution in [1.82, 2.24) is 9.88 Å². The number of aryl methyl sites for hydroxylation is 1.